The maximum Gasteiger partial charge on any atom is 0.250 e. The van der Waals surface area contributed by atoms with Gasteiger partial charge in [-0.3, -0.25) is 9.63 Å². The van der Waals surface area contributed by atoms with Gasteiger partial charge in [0, 0.05) is 13.2 Å². The Morgan fingerprint density at radius 2 is 2.38 bits per heavy atom. The fraction of sp³-hybridized carbons (Fsp3) is 0.300. The first-order valence-electron chi connectivity index (χ1n) is 4.79. The van der Waals surface area contributed by atoms with E-state index in [-0.39, 0.29) is 12.3 Å². The summed E-state index contributed by atoms with van der Waals surface area (Å²) in [6.45, 7) is 0. The van der Waals surface area contributed by atoms with Gasteiger partial charge in [0.05, 0.1) is 13.5 Å². The average molecular weight is 220 g/mol. The summed E-state index contributed by atoms with van der Waals surface area (Å²) in [5.74, 6) is -0.109. The molecule has 0 saturated carbocycles. The van der Waals surface area contributed by atoms with Gasteiger partial charge in [-0.1, -0.05) is 6.07 Å². The van der Waals surface area contributed by atoms with E-state index in [1.165, 1.54) is 18.5 Å². The zero-order valence-corrected chi connectivity index (χ0v) is 9.12. The van der Waals surface area contributed by atoms with Gasteiger partial charge in [0.25, 0.3) is 0 Å². The van der Waals surface area contributed by atoms with Gasteiger partial charge in [-0.15, -0.1) is 0 Å². The lowest BCUT2D eigenvalue weighted by Crippen LogP contribution is -2.27. The summed E-state index contributed by atoms with van der Waals surface area (Å²) in [7, 11) is 3.04. The van der Waals surface area contributed by atoms with Gasteiger partial charge in [-0.25, -0.2) is 14.6 Å². The number of amides is 1. The predicted octanol–water partition coefficient (Wildman–Crippen LogP) is 0.292. The van der Waals surface area contributed by atoms with Crippen molar-refractivity contribution in [3.63, 3.8) is 0 Å². The molecule has 6 nitrogen and oxygen atoms in total. The highest BCUT2D eigenvalue weighted by Crippen LogP contribution is 2.05. The van der Waals surface area contributed by atoms with Crippen molar-refractivity contribution in [2.75, 3.05) is 14.2 Å². The molecule has 0 aromatic carbocycles. The van der Waals surface area contributed by atoms with Gasteiger partial charge in [0.2, 0.25) is 5.91 Å². The van der Waals surface area contributed by atoms with Crippen molar-refractivity contribution in [3.8, 4) is 0 Å². The highest BCUT2D eigenvalue weighted by Gasteiger charge is 2.09. The van der Waals surface area contributed by atoms with Crippen LogP contribution in [0.5, 0.6) is 0 Å². The van der Waals surface area contributed by atoms with Crippen molar-refractivity contribution >= 4 is 11.6 Å². The molecule has 1 amide bonds. The smallest absolute Gasteiger partial charge is 0.250 e. The Kier molecular flexibility index (Phi) is 2.82. The minimum absolute atomic E-state index is 0.109. The molecule has 0 aliphatic rings. The molecule has 2 rings (SSSR count). The maximum atomic E-state index is 11.6. The number of nitrogens with zero attached hydrogens (tertiary/aromatic N) is 4. The van der Waals surface area contributed by atoms with Gasteiger partial charge >= 0.3 is 0 Å². The molecule has 2 heterocycles. The molecule has 0 radical (unpaired) electrons. The van der Waals surface area contributed by atoms with Gasteiger partial charge in [-0.05, 0) is 11.6 Å². The molecule has 0 N–H and O–H groups in total. The van der Waals surface area contributed by atoms with Crippen LogP contribution in [-0.2, 0) is 16.1 Å². The van der Waals surface area contributed by atoms with E-state index in [0.717, 1.165) is 11.2 Å². The number of carbonyl (C=O) groups is 1. The Morgan fingerprint density at radius 1 is 1.56 bits per heavy atom. The van der Waals surface area contributed by atoms with Crippen LogP contribution in [-0.4, -0.2) is 39.7 Å². The Bertz CT molecular complexity index is 508. The van der Waals surface area contributed by atoms with Crippen LogP contribution in [0.15, 0.2) is 24.7 Å². The molecule has 0 atom stereocenters. The first-order valence-corrected chi connectivity index (χ1v) is 4.79. The third-order valence-electron chi connectivity index (χ3n) is 2.32. The molecule has 0 aliphatic heterocycles. The quantitative estimate of drug-likeness (QED) is 0.698. The second kappa shape index (κ2) is 4.28. The van der Waals surface area contributed by atoms with Crippen LogP contribution in [0.4, 0.5) is 0 Å². The van der Waals surface area contributed by atoms with Crippen LogP contribution in [0, 0.1) is 0 Å². The molecular formula is C10H12N4O2. The minimum Gasteiger partial charge on any atom is -0.275 e. The number of rotatable bonds is 3. The molecule has 0 unspecified atom stereocenters. The third-order valence-corrected chi connectivity index (χ3v) is 2.32. The molecule has 0 saturated heterocycles. The van der Waals surface area contributed by atoms with E-state index < -0.39 is 0 Å². The van der Waals surface area contributed by atoms with E-state index in [1.54, 1.807) is 17.8 Å². The van der Waals surface area contributed by atoms with Gasteiger partial charge < -0.3 is 0 Å². The summed E-state index contributed by atoms with van der Waals surface area (Å²) in [6.07, 6.45) is 3.53. The Labute approximate surface area is 92.4 Å². The fourth-order valence-corrected chi connectivity index (χ4v) is 1.35. The normalized spacial score (nSPS) is 10.6. The molecule has 6 heteroatoms. The monoisotopic (exact) mass is 220 g/mol. The number of hydrogen-bond acceptors (Lipinski definition) is 4. The summed E-state index contributed by atoms with van der Waals surface area (Å²) in [5, 5.41) is 5.20. The fourth-order valence-electron chi connectivity index (χ4n) is 1.35. The molecule has 0 fully saturated rings. The van der Waals surface area contributed by atoms with Crippen molar-refractivity contribution in [1.29, 1.82) is 0 Å². The number of hydroxylamine groups is 2. The third kappa shape index (κ3) is 2.01. The summed E-state index contributed by atoms with van der Waals surface area (Å²) in [6, 6.07) is 3.67. The predicted molar refractivity (Wildman–Crippen MR) is 56.5 cm³/mol. The van der Waals surface area contributed by atoms with Crippen LogP contribution >= 0.6 is 0 Å². The van der Waals surface area contributed by atoms with E-state index in [9.17, 15) is 4.79 Å². The van der Waals surface area contributed by atoms with Crippen LogP contribution < -0.4 is 0 Å². The number of fused-ring (bicyclic) bond motifs is 1. The van der Waals surface area contributed by atoms with Crippen molar-refractivity contribution in [3.05, 3.63) is 30.2 Å². The summed E-state index contributed by atoms with van der Waals surface area (Å²) >= 11 is 0. The number of hydrogen-bond donors (Lipinski definition) is 0. The second-order valence-corrected chi connectivity index (χ2v) is 3.35. The summed E-state index contributed by atoms with van der Waals surface area (Å²) in [5.41, 5.74) is 1.63. The van der Waals surface area contributed by atoms with Crippen LogP contribution in [0.25, 0.3) is 5.65 Å². The highest BCUT2D eigenvalue weighted by molar-refractivity contribution is 5.77. The second-order valence-electron chi connectivity index (χ2n) is 3.35. The maximum absolute atomic E-state index is 11.6. The van der Waals surface area contributed by atoms with Crippen molar-refractivity contribution in [2.24, 2.45) is 0 Å². The van der Waals surface area contributed by atoms with Crippen LogP contribution in [0.1, 0.15) is 5.56 Å². The first kappa shape index (κ1) is 10.6. The summed E-state index contributed by atoms with van der Waals surface area (Å²) in [4.78, 5) is 20.4. The van der Waals surface area contributed by atoms with Gasteiger partial charge in [-0.2, -0.15) is 5.10 Å². The van der Waals surface area contributed by atoms with Gasteiger partial charge in [0.1, 0.15) is 6.33 Å². The number of aromatic nitrogens is 3. The number of likely N-dealkylation sites (N-methyl/N-ethyl adjacent to an activating group) is 1. The van der Waals surface area contributed by atoms with Crippen molar-refractivity contribution in [2.45, 2.75) is 6.42 Å². The Hall–Kier alpha value is -1.95. The number of carbonyl (C=O) groups excluding carboxylic acids is 1. The van der Waals surface area contributed by atoms with Crippen LogP contribution in [0.2, 0.25) is 0 Å². The van der Waals surface area contributed by atoms with E-state index in [2.05, 4.69) is 10.1 Å². The highest BCUT2D eigenvalue weighted by atomic mass is 16.7. The Balaban J connectivity index is 2.17. The molecule has 84 valence electrons. The topological polar surface area (TPSA) is 59.7 Å². The lowest BCUT2D eigenvalue weighted by molar-refractivity contribution is -0.167. The van der Waals surface area contributed by atoms with E-state index in [1.807, 2.05) is 12.1 Å². The van der Waals surface area contributed by atoms with E-state index in [0.29, 0.717) is 0 Å². The lowest BCUT2D eigenvalue weighted by atomic mass is 10.2. The zero-order chi connectivity index (χ0) is 11.5. The molecule has 0 bridgehead atoms. The lowest BCUT2D eigenvalue weighted by Gasteiger charge is -2.13. The molecule has 0 aliphatic carbocycles. The minimum atomic E-state index is -0.109. The molecule has 16 heavy (non-hydrogen) atoms. The van der Waals surface area contributed by atoms with Crippen molar-refractivity contribution < 1.29 is 9.63 Å². The zero-order valence-electron chi connectivity index (χ0n) is 9.12. The van der Waals surface area contributed by atoms with Crippen molar-refractivity contribution in [1.82, 2.24) is 19.7 Å². The molecular weight excluding hydrogens is 208 g/mol. The first-order chi connectivity index (χ1) is 7.70. The molecule has 0 spiro atoms. The Morgan fingerprint density at radius 3 is 3.12 bits per heavy atom. The molecule has 2 aromatic heterocycles. The molecule has 2 aromatic rings. The van der Waals surface area contributed by atoms with Crippen LogP contribution in [0.3, 0.4) is 0 Å². The van der Waals surface area contributed by atoms with E-state index >= 15 is 0 Å². The largest absolute Gasteiger partial charge is 0.275 e. The number of pyridine rings is 1. The standard InChI is InChI=1S/C10H12N4O2/c1-13(16-2)10(15)5-8-3-4-9-11-7-12-14(9)6-8/h3-4,6-7H,5H2,1-2H3. The van der Waals surface area contributed by atoms with E-state index in [4.69, 9.17) is 4.84 Å². The van der Waals surface area contributed by atoms with Gasteiger partial charge in [0.15, 0.2) is 5.65 Å². The average Bonchev–Trinajstić information content (AvgIpc) is 2.75. The SMILES string of the molecule is CON(C)C(=O)Cc1ccc2ncnn2c1. The summed E-state index contributed by atoms with van der Waals surface area (Å²) < 4.78 is 1.63.